The van der Waals surface area contributed by atoms with E-state index in [-0.39, 0.29) is 0 Å². The first-order valence-corrected chi connectivity index (χ1v) is 14.7. The first-order chi connectivity index (χ1) is 20.8. The van der Waals surface area contributed by atoms with Crippen LogP contribution in [0.1, 0.15) is 0 Å². The van der Waals surface area contributed by atoms with Gasteiger partial charge in [0.25, 0.3) is 0 Å². The van der Waals surface area contributed by atoms with Crippen molar-refractivity contribution in [3.05, 3.63) is 146 Å². The highest BCUT2D eigenvalue weighted by Crippen LogP contribution is 2.52. The van der Waals surface area contributed by atoms with Gasteiger partial charge in [-0.15, -0.1) is 0 Å². The Balaban J connectivity index is 1.26. The molecule has 0 aliphatic heterocycles. The second-order valence-corrected chi connectivity index (χ2v) is 11.6. The molecule has 0 bridgehead atoms. The molecule has 0 atom stereocenters. The summed E-state index contributed by atoms with van der Waals surface area (Å²) in [6, 6.07) is 54.2. The van der Waals surface area contributed by atoms with Crippen LogP contribution >= 0.6 is 0 Å². The summed E-state index contributed by atoms with van der Waals surface area (Å²) in [6.45, 7) is 0. The van der Waals surface area contributed by atoms with Crippen LogP contribution in [0.15, 0.2) is 146 Å². The molecule has 8 aromatic rings. The number of hydrogen-bond acceptors (Lipinski definition) is 0. The molecule has 0 N–H and O–H groups in total. The van der Waals surface area contributed by atoms with Gasteiger partial charge in [-0.05, 0) is 111 Å². The van der Waals surface area contributed by atoms with Crippen molar-refractivity contribution in [3.8, 4) is 66.8 Å². The van der Waals surface area contributed by atoms with Crippen molar-refractivity contribution >= 4 is 32.3 Å². The van der Waals surface area contributed by atoms with E-state index in [9.17, 15) is 0 Å². The van der Waals surface area contributed by atoms with Gasteiger partial charge in [-0.3, -0.25) is 0 Å². The number of rotatable bonds is 2. The van der Waals surface area contributed by atoms with Crippen LogP contribution in [0, 0.1) is 0 Å². The average molecular weight is 529 g/mol. The van der Waals surface area contributed by atoms with Crippen molar-refractivity contribution in [3.63, 3.8) is 0 Å². The normalized spacial score (nSPS) is 12.3. The van der Waals surface area contributed by atoms with Gasteiger partial charge in [0.2, 0.25) is 0 Å². The van der Waals surface area contributed by atoms with Crippen LogP contribution in [0.3, 0.4) is 0 Å². The fraction of sp³-hybridized carbons (Fsp3) is 0. The third-order valence-electron chi connectivity index (χ3n) is 9.56. The van der Waals surface area contributed by atoms with Crippen LogP contribution in [-0.2, 0) is 0 Å². The van der Waals surface area contributed by atoms with Gasteiger partial charge in [0.05, 0.1) is 0 Å². The van der Waals surface area contributed by atoms with Crippen LogP contribution in [0.5, 0.6) is 0 Å². The Morgan fingerprint density at radius 3 is 1.29 bits per heavy atom. The zero-order chi connectivity index (χ0) is 27.4. The SMILES string of the molecule is c1ccc2c(c1)-c1cccc3c(-c4cc(-c5ccc6c7c(cccc57)-c5ccccc5-6)c5ccccc5c4)ccc-2c13. The fourth-order valence-electron chi connectivity index (χ4n) is 7.79. The van der Waals surface area contributed by atoms with Crippen molar-refractivity contribution in [1.82, 2.24) is 0 Å². The van der Waals surface area contributed by atoms with E-state index in [0.29, 0.717) is 0 Å². The minimum atomic E-state index is 1.26. The molecule has 0 heteroatoms. The summed E-state index contributed by atoms with van der Waals surface area (Å²) in [5.41, 5.74) is 15.8. The maximum atomic E-state index is 2.43. The molecule has 0 spiro atoms. The van der Waals surface area contributed by atoms with Crippen LogP contribution in [-0.4, -0.2) is 0 Å². The van der Waals surface area contributed by atoms with Gasteiger partial charge in [0.15, 0.2) is 0 Å². The lowest BCUT2D eigenvalue weighted by molar-refractivity contribution is 1.66. The summed E-state index contributed by atoms with van der Waals surface area (Å²) in [7, 11) is 0. The standard InChI is InChI=1S/C42H24/c1-2-10-27-25(9-1)23-26(28-19-21-38-31-13-5-3-11-29(31)35-16-7-15-34(28)41(35)38)24-40(27)33-20-22-39-32-14-6-4-12-30(32)36-17-8-18-37(33)42(36)39/h1-24H. The van der Waals surface area contributed by atoms with Crippen LogP contribution in [0.25, 0.3) is 99.1 Å². The highest BCUT2D eigenvalue weighted by molar-refractivity contribution is 6.21. The van der Waals surface area contributed by atoms with E-state index in [1.54, 1.807) is 0 Å². The molecule has 10 rings (SSSR count). The Morgan fingerprint density at radius 1 is 0.238 bits per heavy atom. The minimum absolute atomic E-state index is 1.26. The molecular formula is C42H24. The molecule has 0 nitrogen and oxygen atoms in total. The van der Waals surface area contributed by atoms with E-state index in [1.165, 1.54) is 99.1 Å². The van der Waals surface area contributed by atoms with Gasteiger partial charge in [-0.25, -0.2) is 0 Å². The Labute approximate surface area is 244 Å². The largest absolute Gasteiger partial charge is 0.0616 e. The van der Waals surface area contributed by atoms with Gasteiger partial charge < -0.3 is 0 Å². The molecule has 0 saturated carbocycles. The molecule has 42 heavy (non-hydrogen) atoms. The lowest BCUT2D eigenvalue weighted by atomic mass is 9.87. The summed E-state index contributed by atoms with van der Waals surface area (Å²) < 4.78 is 0. The summed E-state index contributed by atoms with van der Waals surface area (Å²) >= 11 is 0. The van der Waals surface area contributed by atoms with E-state index >= 15 is 0 Å². The van der Waals surface area contributed by atoms with Crippen LogP contribution in [0.2, 0.25) is 0 Å². The highest BCUT2D eigenvalue weighted by Gasteiger charge is 2.24. The van der Waals surface area contributed by atoms with Crippen LogP contribution < -0.4 is 0 Å². The maximum Gasteiger partial charge on any atom is -0.00201 e. The zero-order valence-electron chi connectivity index (χ0n) is 22.9. The maximum absolute atomic E-state index is 2.43. The average Bonchev–Trinajstić information content (AvgIpc) is 3.56. The molecule has 0 unspecified atom stereocenters. The van der Waals surface area contributed by atoms with Crippen molar-refractivity contribution in [2.45, 2.75) is 0 Å². The quantitative estimate of drug-likeness (QED) is 0.209. The first-order valence-electron chi connectivity index (χ1n) is 14.7. The molecule has 0 amide bonds. The Hall–Kier alpha value is -5.46. The second kappa shape index (κ2) is 8.06. The number of benzene rings is 8. The molecule has 2 aliphatic carbocycles. The Kier molecular flexibility index (Phi) is 4.27. The molecule has 2 aliphatic rings. The van der Waals surface area contributed by atoms with Gasteiger partial charge in [-0.1, -0.05) is 133 Å². The lowest BCUT2D eigenvalue weighted by Gasteiger charge is -2.16. The molecule has 8 aromatic carbocycles. The molecule has 0 fully saturated rings. The van der Waals surface area contributed by atoms with Crippen LogP contribution in [0.4, 0.5) is 0 Å². The predicted molar refractivity (Wildman–Crippen MR) is 179 cm³/mol. The van der Waals surface area contributed by atoms with Crippen molar-refractivity contribution < 1.29 is 0 Å². The van der Waals surface area contributed by atoms with E-state index in [4.69, 9.17) is 0 Å². The molecule has 0 radical (unpaired) electrons. The predicted octanol–water partition coefficient (Wildman–Crippen LogP) is 11.8. The summed E-state index contributed by atoms with van der Waals surface area (Å²) in [5, 5.41) is 7.93. The molecular weight excluding hydrogens is 504 g/mol. The van der Waals surface area contributed by atoms with Crippen molar-refractivity contribution in [1.29, 1.82) is 0 Å². The van der Waals surface area contributed by atoms with Gasteiger partial charge in [-0.2, -0.15) is 0 Å². The zero-order valence-corrected chi connectivity index (χ0v) is 22.9. The minimum Gasteiger partial charge on any atom is -0.0616 e. The van der Waals surface area contributed by atoms with Crippen molar-refractivity contribution in [2.75, 3.05) is 0 Å². The number of fused-ring (bicyclic) bond motifs is 7. The van der Waals surface area contributed by atoms with Gasteiger partial charge in [0.1, 0.15) is 0 Å². The van der Waals surface area contributed by atoms with E-state index < -0.39 is 0 Å². The summed E-state index contributed by atoms with van der Waals surface area (Å²) in [6.07, 6.45) is 0. The second-order valence-electron chi connectivity index (χ2n) is 11.6. The molecule has 192 valence electrons. The fourth-order valence-corrected chi connectivity index (χ4v) is 7.79. The van der Waals surface area contributed by atoms with E-state index in [1.807, 2.05) is 0 Å². The Morgan fingerprint density at radius 2 is 0.667 bits per heavy atom. The highest BCUT2D eigenvalue weighted by atomic mass is 14.3. The molecule has 0 aromatic heterocycles. The molecule has 0 heterocycles. The third kappa shape index (κ3) is 2.81. The number of hydrogen-bond donors (Lipinski definition) is 0. The Bertz CT molecular complexity index is 2400. The molecule has 0 saturated heterocycles. The van der Waals surface area contributed by atoms with E-state index in [0.717, 1.165) is 0 Å². The van der Waals surface area contributed by atoms with Gasteiger partial charge >= 0.3 is 0 Å². The van der Waals surface area contributed by atoms with Crippen molar-refractivity contribution in [2.24, 2.45) is 0 Å². The van der Waals surface area contributed by atoms with Gasteiger partial charge in [0, 0.05) is 0 Å². The van der Waals surface area contributed by atoms with E-state index in [2.05, 4.69) is 146 Å². The monoisotopic (exact) mass is 528 g/mol. The summed E-state index contributed by atoms with van der Waals surface area (Å²) in [4.78, 5) is 0. The first kappa shape index (κ1) is 22.3. The topological polar surface area (TPSA) is 0 Å². The third-order valence-corrected chi connectivity index (χ3v) is 9.56. The summed E-state index contributed by atoms with van der Waals surface area (Å²) in [5.74, 6) is 0. The lowest BCUT2D eigenvalue weighted by Crippen LogP contribution is -1.89. The smallest absolute Gasteiger partial charge is 0.00201 e.